The van der Waals surface area contributed by atoms with Crippen molar-refractivity contribution in [3.63, 3.8) is 0 Å². The zero-order valence-corrected chi connectivity index (χ0v) is 15.5. The Kier molecular flexibility index (Phi) is 5.52. The van der Waals surface area contributed by atoms with E-state index in [1.54, 1.807) is 0 Å². The average Bonchev–Trinajstić information content (AvgIpc) is 3.08. The van der Waals surface area contributed by atoms with Crippen LogP contribution in [0, 0.1) is 0 Å². The second-order valence-electron chi connectivity index (χ2n) is 7.30. The van der Waals surface area contributed by atoms with Crippen molar-refractivity contribution in [2.24, 2.45) is 5.73 Å². The molecular formula is C24H26N2O. The summed E-state index contributed by atoms with van der Waals surface area (Å²) >= 11 is 0. The summed E-state index contributed by atoms with van der Waals surface area (Å²) in [5, 5.41) is 0. The Hall–Kier alpha value is -2.62. The molecule has 0 aliphatic carbocycles. The summed E-state index contributed by atoms with van der Waals surface area (Å²) in [5.74, 6) is 1.25. The number of hydrogen-bond acceptors (Lipinski definition) is 3. The lowest BCUT2D eigenvalue weighted by Crippen LogP contribution is -2.28. The van der Waals surface area contributed by atoms with Crippen molar-refractivity contribution < 1.29 is 4.74 Å². The Morgan fingerprint density at radius 1 is 0.815 bits per heavy atom. The molecule has 0 radical (unpaired) electrons. The summed E-state index contributed by atoms with van der Waals surface area (Å²) < 4.78 is 6.00. The topological polar surface area (TPSA) is 38.5 Å². The van der Waals surface area contributed by atoms with Crippen LogP contribution in [0.5, 0.6) is 5.75 Å². The van der Waals surface area contributed by atoms with Crippen LogP contribution < -0.4 is 10.5 Å². The van der Waals surface area contributed by atoms with E-state index in [1.165, 1.54) is 16.7 Å². The third-order valence-corrected chi connectivity index (χ3v) is 5.22. The van der Waals surface area contributed by atoms with Gasteiger partial charge >= 0.3 is 0 Å². The van der Waals surface area contributed by atoms with Crippen molar-refractivity contribution in [3.05, 3.63) is 102 Å². The van der Waals surface area contributed by atoms with Gasteiger partial charge in [-0.15, -0.1) is 0 Å². The monoisotopic (exact) mass is 358 g/mol. The van der Waals surface area contributed by atoms with Gasteiger partial charge in [-0.1, -0.05) is 72.8 Å². The van der Waals surface area contributed by atoms with E-state index in [9.17, 15) is 0 Å². The second-order valence-corrected chi connectivity index (χ2v) is 7.30. The van der Waals surface area contributed by atoms with Crippen molar-refractivity contribution in [2.75, 3.05) is 13.1 Å². The third kappa shape index (κ3) is 4.57. The summed E-state index contributed by atoms with van der Waals surface area (Å²) in [6, 6.07) is 29.4. The Morgan fingerprint density at radius 2 is 1.52 bits per heavy atom. The zero-order chi connectivity index (χ0) is 18.5. The fraction of sp³-hybridized carbons (Fsp3) is 0.250. The summed E-state index contributed by atoms with van der Waals surface area (Å²) in [6.45, 7) is 3.45. The molecule has 3 aromatic rings. The van der Waals surface area contributed by atoms with Gasteiger partial charge in [0.1, 0.15) is 12.4 Å². The van der Waals surface area contributed by atoms with Crippen molar-refractivity contribution in [1.82, 2.24) is 4.90 Å². The summed E-state index contributed by atoms with van der Waals surface area (Å²) in [5.41, 5.74) is 10.3. The lowest BCUT2D eigenvalue weighted by Gasteiger charge is -2.17. The van der Waals surface area contributed by atoms with Gasteiger partial charge in [0.25, 0.3) is 0 Å². The highest BCUT2D eigenvalue weighted by molar-refractivity contribution is 5.33. The smallest absolute Gasteiger partial charge is 0.120 e. The average molecular weight is 358 g/mol. The fourth-order valence-corrected chi connectivity index (χ4v) is 3.81. The zero-order valence-electron chi connectivity index (χ0n) is 15.5. The quantitative estimate of drug-likeness (QED) is 0.718. The minimum atomic E-state index is 0.151. The van der Waals surface area contributed by atoms with E-state index in [2.05, 4.69) is 65.6 Å². The number of hydrogen-bond donors (Lipinski definition) is 1. The van der Waals surface area contributed by atoms with Crippen LogP contribution in [0.2, 0.25) is 0 Å². The van der Waals surface area contributed by atoms with E-state index < -0.39 is 0 Å². The minimum Gasteiger partial charge on any atom is -0.489 e. The van der Waals surface area contributed by atoms with Crippen molar-refractivity contribution in [2.45, 2.75) is 25.1 Å². The normalized spacial score (nSPS) is 19.9. The number of nitrogens with zero attached hydrogens (tertiary/aromatic N) is 1. The first-order valence-corrected chi connectivity index (χ1v) is 9.56. The lowest BCUT2D eigenvalue weighted by atomic mass is 9.95. The highest BCUT2D eigenvalue weighted by Crippen LogP contribution is 2.30. The Morgan fingerprint density at radius 3 is 2.26 bits per heavy atom. The fourth-order valence-electron chi connectivity index (χ4n) is 3.81. The molecule has 1 aliphatic heterocycles. The van der Waals surface area contributed by atoms with Crippen LogP contribution in [0.4, 0.5) is 0 Å². The molecule has 1 heterocycles. The highest BCUT2D eigenvalue weighted by Gasteiger charge is 2.31. The van der Waals surface area contributed by atoms with E-state index in [1.807, 2.05) is 24.3 Å². The SMILES string of the molecule is N[C@H]1CN(Cc2ccccc2)C[C@H]1c1cccc(OCc2ccccc2)c1. The number of benzene rings is 3. The molecule has 2 atom stereocenters. The molecule has 3 heteroatoms. The van der Waals surface area contributed by atoms with Gasteiger partial charge in [-0.25, -0.2) is 0 Å². The van der Waals surface area contributed by atoms with E-state index in [4.69, 9.17) is 10.5 Å². The molecule has 1 saturated heterocycles. The number of likely N-dealkylation sites (tertiary alicyclic amines) is 1. The molecular weight excluding hydrogens is 332 g/mol. The largest absolute Gasteiger partial charge is 0.489 e. The van der Waals surface area contributed by atoms with E-state index in [0.717, 1.165) is 25.4 Å². The number of ether oxygens (including phenoxy) is 1. The third-order valence-electron chi connectivity index (χ3n) is 5.22. The number of rotatable bonds is 6. The molecule has 138 valence electrons. The van der Waals surface area contributed by atoms with Crippen LogP contribution in [0.15, 0.2) is 84.9 Å². The van der Waals surface area contributed by atoms with Crippen LogP contribution in [0.3, 0.4) is 0 Å². The van der Waals surface area contributed by atoms with Gasteiger partial charge in [-0.2, -0.15) is 0 Å². The first-order chi connectivity index (χ1) is 13.3. The molecule has 2 N–H and O–H groups in total. The molecule has 3 nitrogen and oxygen atoms in total. The van der Waals surface area contributed by atoms with Crippen molar-refractivity contribution in [3.8, 4) is 5.75 Å². The predicted octanol–water partition coefficient (Wildman–Crippen LogP) is 4.19. The molecule has 0 saturated carbocycles. The Labute approximate surface area is 161 Å². The molecule has 0 bridgehead atoms. The maximum absolute atomic E-state index is 6.49. The van der Waals surface area contributed by atoms with Gasteiger partial charge in [0.2, 0.25) is 0 Å². The van der Waals surface area contributed by atoms with E-state index in [-0.39, 0.29) is 6.04 Å². The standard InChI is InChI=1S/C24H26N2O/c25-24-17-26(15-19-8-3-1-4-9-19)16-23(24)21-12-7-13-22(14-21)27-18-20-10-5-2-6-11-20/h1-14,23-24H,15-18,25H2/t23-,24-/m0/s1. The van der Waals surface area contributed by atoms with Gasteiger partial charge < -0.3 is 10.5 Å². The van der Waals surface area contributed by atoms with Crippen molar-refractivity contribution >= 4 is 0 Å². The van der Waals surface area contributed by atoms with Gasteiger partial charge in [0, 0.05) is 31.6 Å². The molecule has 0 unspecified atom stereocenters. The molecule has 0 spiro atoms. The van der Waals surface area contributed by atoms with Crippen LogP contribution in [0.1, 0.15) is 22.6 Å². The summed E-state index contributed by atoms with van der Waals surface area (Å²) in [4.78, 5) is 2.45. The molecule has 4 rings (SSSR count). The van der Waals surface area contributed by atoms with Crippen LogP contribution in [0.25, 0.3) is 0 Å². The minimum absolute atomic E-state index is 0.151. The van der Waals surface area contributed by atoms with E-state index in [0.29, 0.717) is 12.5 Å². The van der Waals surface area contributed by atoms with Crippen LogP contribution in [-0.2, 0) is 13.2 Å². The first-order valence-electron chi connectivity index (χ1n) is 9.56. The first kappa shape index (κ1) is 17.8. The molecule has 1 aliphatic rings. The van der Waals surface area contributed by atoms with E-state index >= 15 is 0 Å². The molecule has 3 aromatic carbocycles. The molecule has 0 amide bonds. The van der Waals surface area contributed by atoms with Gasteiger partial charge in [-0.05, 0) is 28.8 Å². The van der Waals surface area contributed by atoms with Gasteiger partial charge in [-0.3, -0.25) is 4.90 Å². The predicted molar refractivity (Wildman–Crippen MR) is 110 cm³/mol. The maximum atomic E-state index is 6.49. The molecule has 1 fully saturated rings. The van der Waals surface area contributed by atoms with Gasteiger partial charge in [0.15, 0.2) is 0 Å². The maximum Gasteiger partial charge on any atom is 0.120 e. The molecule has 0 aromatic heterocycles. The second kappa shape index (κ2) is 8.38. The van der Waals surface area contributed by atoms with Crippen molar-refractivity contribution in [1.29, 1.82) is 0 Å². The Bertz CT molecular complexity index is 851. The lowest BCUT2D eigenvalue weighted by molar-refractivity contribution is 0.305. The van der Waals surface area contributed by atoms with Gasteiger partial charge in [0.05, 0.1) is 0 Å². The Balaban J connectivity index is 1.40. The number of nitrogens with two attached hydrogens (primary N) is 1. The highest BCUT2D eigenvalue weighted by atomic mass is 16.5. The summed E-state index contributed by atoms with van der Waals surface area (Å²) in [6.07, 6.45) is 0. The van der Waals surface area contributed by atoms with Crippen LogP contribution >= 0.6 is 0 Å². The molecule has 27 heavy (non-hydrogen) atoms. The van der Waals surface area contributed by atoms with Crippen LogP contribution in [-0.4, -0.2) is 24.0 Å². The summed E-state index contributed by atoms with van der Waals surface area (Å²) in [7, 11) is 0.